The fraction of sp³-hybridized carbons (Fsp3) is 0.130. The number of allylic oxidation sites excluding steroid dienone is 3. The highest BCUT2D eigenvalue weighted by atomic mass is 16.5. The van der Waals surface area contributed by atoms with E-state index >= 15 is 0 Å². The zero-order valence-corrected chi connectivity index (χ0v) is 15.7. The third-order valence-corrected chi connectivity index (χ3v) is 5.39. The summed E-state index contributed by atoms with van der Waals surface area (Å²) in [6.07, 6.45) is 5.76. The van der Waals surface area contributed by atoms with Crippen LogP contribution in [-0.4, -0.2) is 22.9 Å². The molecule has 1 aromatic heterocycles. The third-order valence-electron chi connectivity index (χ3n) is 5.39. The van der Waals surface area contributed by atoms with Crippen LogP contribution in [-0.2, 0) is 6.54 Å². The minimum Gasteiger partial charge on any atom is -0.496 e. The highest BCUT2D eigenvalue weighted by molar-refractivity contribution is 6.12. The first kappa shape index (κ1) is 16.6. The standard InChI is InChI=1S/C23H19N3O2/c1-13-9-10-19(28-2)17(11-13)15-7-4-8-16-21(24)20-18(25-22(15)16)12-26(23(20)27)14-5-3-6-14/h3-11H,12H2,1-2H3,(H2,24,25). The van der Waals surface area contributed by atoms with Crippen LogP contribution in [0.5, 0.6) is 5.75 Å². The number of hydrogen-bond donors (Lipinski definition) is 1. The van der Waals surface area contributed by atoms with E-state index in [1.165, 1.54) is 0 Å². The normalized spacial score (nSPS) is 14.9. The number of amides is 1. The van der Waals surface area contributed by atoms with E-state index in [1.54, 1.807) is 12.0 Å². The monoisotopic (exact) mass is 369 g/mol. The number of nitrogen functional groups attached to an aromatic ring is 1. The van der Waals surface area contributed by atoms with Crippen LogP contribution in [0.4, 0.5) is 5.69 Å². The molecule has 5 heteroatoms. The first-order valence-corrected chi connectivity index (χ1v) is 9.15. The molecule has 5 nitrogen and oxygen atoms in total. The Morgan fingerprint density at radius 1 is 1.18 bits per heavy atom. The van der Waals surface area contributed by atoms with Crippen molar-refractivity contribution in [2.45, 2.75) is 13.5 Å². The Labute approximate surface area is 162 Å². The highest BCUT2D eigenvalue weighted by Gasteiger charge is 2.34. The van der Waals surface area contributed by atoms with Gasteiger partial charge in [0.05, 0.1) is 36.1 Å². The molecule has 0 fully saturated rings. The third kappa shape index (κ3) is 2.26. The van der Waals surface area contributed by atoms with E-state index < -0.39 is 0 Å². The number of carbonyl (C=O) groups is 1. The van der Waals surface area contributed by atoms with Gasteiger partial charge in [-0.25, -0.2) is 4.98 Å². The van der Waals surface area contributed by atoms with Crippen LogP contribution in [0.1, 0.15) is 21.6 Å². The average Bonchev–Trinajstić information content (AvgIpc) is 2.96. The fourth-order valence-electron chi connectivity index (χ4n) is 3.89. The van der Waals surface area contributed by atoms with Gasteiger partial charge >= 0.3 is 0 Å². The van der Waals surface area contributed by atoms with E-state index in [-0.39, 0.29) is 5.91 Å². The quantitative estimate of drug-likeness (QED) is 0.751. The number of fused-ring (bicyclic) bond motifs is 2. The number of aromatic nitrogens is 1. The van der Waals surface area contributed by atoms with E-state index in [0.29, 0.717) is 17.8 Å². The summed E-state index contributed by atoms with van der Waals surface area (Å²) < 4.78 is 5.58. The number of nitrogens with zero attached hydrogens (tertiary/aromatic N) is 2. The molecule has 3 aromatic rings. The van der Waals surface area contributed by atoms with Gasteiger partial charge in [-0.3, -0.25) is 4.79 Å². The molecule has 0 radical (unpaired) electrons. The molecule has 2 aromatic carbocycles. The Bertz CT molecular complexity index is 1220. The number of para-hydroxylation sites is 1. The topological polar surface area (TPSA) is 68.5 Å². The minimum atomic E-state index is -0.0870. The van der Waals surface area contributed by atoms with Crippen LogP contribution < -0.4 is 10.5 Å². The molecule has 2 N–H and O–H groups in total. The first-order chi connectivity index (χ1) is 13.6. The number of carbonyl (C=O) groups excluding carboxylic acids is 1. The maximum absolute atomic E-state index is 12.9. The van der Waals surface area contributed by atoms with Crippen molar-refractivity contribution in [3.63, 3.8) is 0 Å². The van der Waals surface area contributed by atoms with E-state index in [0.717, 1.165) is 44.7 Å². The fourth-order valence-corrected chi connectivity index (χ4v) is 3.89. The number of anilines is 1. The largest absolute Gasteiger partial charge is 0.496 e. The molecule has 0 bridgehead atoms. The van der Waals surface area contributed by atoms with Gasteiger partial charge in [-0.1, -0.05) is 35.9 Å². The molecule has 2 heterocycles. The molecule has 138 valence electrons. The van der Waals surface area contributed by atoms with Gasteiger partial charge in [-0.15, -0.1) is 0 Å². The molecular formula is C23H19N3O2. The lowest BCUT2D eigenvalue weighted by Gasteiger charge is -2.19. The van der Waals surface area contributed by atoms with Crippen molar-refractivity contribution in [3.05, 3.63) is 77.1 Å². The van der Waals surface area contributed by atoms with Gasteiger partial charge in [0.25, 0.3) is 5.91 Å². The maximum Gasteiger partial charge on any atom is 0.262 e. The minimum absolute atomic E-state index is 0.0870. The molecule has 0 atom stereocenters. The van der Waals surface area contributed by atoms with Gasteiger partial charge in [0.1, 0.15) is 5.75 Å². The second-order valence-corrected chi connectivity index (χ2v) is 7.09. The molecule has 0 saturated carbocycles. The zero-order chi connectivity index (χ0) is 19.4. The summed E-state index contributed by atoms with van der Waals surface area (Å²) in [4.78, 5) is 19.5. The van der Waals surface area contributed by atoms with Gasteiger partial charge in [0.2, 0.25) is 0 Å². The summed E-state index contributed by atoms with van der Waals surface area (Å²) in [5, 5.41) is 0.785. The molecule has 0 spiro atoms. The Hall–Kier alpha value is -3.60. The van der Waals surface area contributed by atoms with Gasteiger partial charge in [0, 0.05) is 22.2 Å². The Kier molecular flexibility index (Phi) is 3.52. The molecule has 1 amide bonds. The molecule has 0 saturated heterocycles. The van der Waals surface area contributed by atoms with Crippen LogP contribution in [0, 0.1) is 6.92 Å². The molecule has 28 heavy (non-hydrogen) atoms. The highest BCUT2D eigenvalue weighted by Crippen LogP contribution is 2.40. The molecule has 1 aliphatic heterocycles. The van der Waals surface area contributed by atoms with Crippen LogP contribution in [0.15, 0.2) is 60.3 Å². The van der Waals surface area contributed by atoms with Gasteiger partial charge < -0.3 is 15.4 Å². The smallest absolute Gasteiger partial charge is 0.262 e. The van der Waals surface area contributed by atoms with Gasteiger partial charge in [0.15, 0.2) is 0 Å². The number of pyridine rings is 1. The Morgan fingerprint density at radius 2 is 2.00 bits per heavy atom. The van der Waals surface area contributed by atoms with E-state index in [1.807, 2.05) is 55.5 Å². The summed E-state index contributed by atoms with van der Waals surface area (Å²) in [5.41, 5.74) is 12.9. The lowest BCUT2D eigenvalue weighted by atomic mass is 9.97. The van der Waals surface area contributed by atoms with Crippen LogP contribution in [0.2, 0.25) is 0 Å². The number of rotatable bonds is 3. The van der Waals surface area contributed by atoms with Gasteiger partial charge in [-0.2, -0.15) is 0 Å². The zero-order valence-electron chi connectivity index (χ0n) is 15.7. The van der Waals surface area contributed by atoms with Crippen LogP contribution in [0.25, 0.3) is 22.0 Å². The van der Waals surface area contributed by atoms with E-state index in [4.69, 9.17) is 15.5 Å². The molecule has 5 rings (SSSR count). The number of nitrogens with two attached hydrogens (primary N) is 1. The van der Waals surface area contributed by atoms with Gasteiger partial charge in [-0.05, 0) is 31.2 Å². The van der Waals surface area contributed by atoms with Crippen molar-refractivity contribution in [1.82, 2.24) is 9.88 Å². The van der Waals surface area contributed by atoms with Crippen molar-refractivity contribution in [1.29, 1.82) is 0 Å². The lowest BCUT2D eigenvalue weighted by molar-refractivity contribution is 0.0831. The molecular weight excluding hydrogens is 350 g/mol. The lowest BCUT2D eigenvalue weighted by Crippen LogP contribution is -2.24. The number of aryl methyl sites for hydroxylation is 1. The van der Waals surface area contributed by atoms with E-state index in [9.17, 15) is 4.79 Å². The van der Waals surface area contributed by atoms with Crippen molar-refractivity contribution < 1.29 is 9.53 Å². The van der Waals surface area contributed by atoms with E-state index in [2.05, 4.69) is 6.07 Å². The first-order valence-electron chi connectivity index (χ1n) is 9.15. The van der Waals surface area contributed by atoms with Crippen molar-refractivity contribution in [2.75, 3.05) is 12.8 Å². The maximum atomic E-state index is 12.9. The van der Waals surface area contributed by atoms with Crippen molar-refractivity contribution >= 4 is 22.5 Å². The molecule has 2 aliphatic rings. The summed E-state index contributed by atoms with van der Waals surface area (Å²) in [6, 6.07) is 11.9. The summed E-state index contributed by atoms with van der Waals surface area (Å²) in [5.74, 6) is 0.692. The molecule has 1 aliphatic carbocycles. The number of hydrogen-bond acceptors (Lipinski definition) is 4. The number of ether oxygens (including phenoxy) is 1. The summed E-state index contributed by atoms with van der Waals surface area (Å²) in [6.45, 7) is 2.48. The van der Waals surface area contributed by atoms with Crippen molar-refractivity contribution in [3.8, 4) is 16.9 Å². The SMILES string of the molecule is COc1ccc(C)cc1-c1cccc2c(N)c3c(nc12)CN(C1=CC=C1)C3=O. The number of benzene rings is 2. The van der Waals surface area contributed by atoms with Crippen molar-refractivity contribution in [2.24, 2.45) is 0 Å². The predicted octanol–water partition coefficient (Wildman–Crippen LogP) is 4.21. The van der Waals surface area contributed by atoms with Crippen LogP contribution in [0.3, 0.4) is 0 Å². The van der Waals surface area contributed by atoms with Crippen LogP contribution >= 0.6 is 0 Å². The number of methoxy groups -OCH3 is 1. The summed E-state index contributed by atoms with van der Waals surface area (Å²) in [7, 11) is 1.66. The second-order valence-electron chi connectivity index (χ2n) is 7.09. The predicted molar refractivity (Wildman–Crippen MR) is 110 cm³/mol. The molecule has 0 unspecified atom stereocenters. The Morgan fingerprint density at radius 3 is 2.71 bits per heavy atom. The second kappa shape index (κ2) is 5.96. The Balaban J connectivity index is 1.75. The average molecular weight is 369 g/mol. The summed E-state index contributed by atoms with van der Waals surface area (Å²) >= 11 is 0.